The second-order valence-electron chi connectivity index (χ2n) is 5.87. The van der Waals surface area contributed by atoms with Crippen molar-refractivity contribution in [3.8, 4) is 5.75 Å². The van der Waals surface area contributed by atoms with Crippen molar-refractivity contribution in [1.82, 2.24) is 10.6 Å². The minimum atomic E-state index is -1.03. The molecule has 27 heavy (non-hydrogen) atoms. The largest absolute Gasteiger partial charge is 0.496 e. The number of carboxylic acids is 1. The molecular weight excluding hydrogens is 348 g/mol. The third kappa shape index (κ3) is 6.47. The van der Waals surface area contributed by atoms with Crippen LogP contribution in [0.5, 0.6) is 5.75 Å². The van der Waals surface area contributed by atoms with Gasteiger partial charge >= 0.3 is 5.97 Å². The quantitative estimate of drug-likeness (QED) is 0.619. The molecule has 2 aromatic rings. The number of aromatic carboxylic acids is 1. The van der Waals surface area contributed by atoms with Crippen LogP contribution in [0.2, 0.25) is 0 Å². The van der Waals surface area contributed by atoms with Crippen LogP contribution < -0.4 is 15.4 Å². The Labute approximate surface area is 157 Å². The van der Waals surface area contributed by atoms with Gasteiger partial charge in [-0.3, -0.25) is 9.59 Å². The van der Waals surface area contributed by atoms with Crippen LogP contribution in [0.4, 0.5) is 0 Å². The van der Waals surface area contributed by atoms with E-state index in [4.69, 9.17) is 9.84 Å². The van der Waals surface area contributed by atoms with E-state index < -0.39 is 5.97 Å². The lowest BCUT2D eigenvalue weighted by Crippen LogP contribution is -2.38. The van der Waals surface area contributed by atoms with Crippen LogP contribution in [0.15, 0.2) is 48.5 Å². The minimum absolute atomic E-state index is 0.0965. The molecule has 2 rings (SSSR count). The molecule has 7 heteroatoms. The van der Waals surface area contributed by atoms with Gasteiger partial charge in [-0.2, -0.15) is 0 Å². The Morgan fingerprint density at radius 3 is 2.41 bits per heavy atom. The molecule has 0 aliphatic heterocycles. The number of methoxy groups -OCH3 is 1. The Bertz CT molecular complexity index is 805. The number of ether oxygens (including phenoxy) is 1. The fraction of sp³-hybridized carbons (Fsp3) is 0.250. The fourth-order valence-corrected chi connectivity index (χ4v) is 2.51. The second kappa shape index (κ2) is 9.96. The molecule has 0 saturated heterocycles. The molecule has 2 aromatic carbocycles. The van der Waals surface area contributed by atoms with Gasteiger partial charge in [0.15, 0.2) is 0 Å². The minimum Gasteiger partial charge on any atom is -0.496 e. The van der Waals surface area contributed by atoms with Crippen LogP contribution in [-0.2, 0) is 22.4 Å². The number of hydrogen-bond donors (Lipinski definition) is 3. The molecule has 0 saturated carbocycles. The molecule has 0 atom stereocenters. The smallest absolute Gasteiger partial charge is 0.335 e. The Kier molecular flexibility index (Phi) is 7.37. The molecule has 3 N–H and O–H groups in total. The third-order valence-corrected chi connectivity index (χ3v) is 3.90. The van der Waals surface area contributed by atoms with E-state index in [1.165, 1.54) is 19.2 Å². The molecule has 0 aromatic heterocycles. The Hall–Kier alpha value is -3.35. The zero-order valence-electron chi connectivity index (χ0n) is 15.0. The maximum absolute atomic E-state index is 11.9. The maximum atomic E-state index is 11.9. The molecule has 0 spiro atoms. The summed E-state index contributed by atoms with van der Waals surface area (Å²) in [5.74, 6) is -1.08. The summed E-state index contributed by atoms with van der Waals surface area (Å²) in [6.07, 6.45) is 0.702. The highest BCUT2D eigenvalue weighted by Gasteiger charge is 2.10. The summed E-state index contributed by atoms with van der Waals surface area (Å²) in [6, 6.07) is 13.9. The van der Waals surface area contributed by atoms with Gasteiger partial charge in [0, 0.05) is 6.54 Å². The Morgan fingerprint density at radius 1 is 1.00 bits per heavy atom. The van der Waals surface area contributed by atoms with Gasteiger partial charge < -0.3 is 20.5 Å². The predicted octanol–water partition coefficient (Wildman–Crippen LogP) is 1.41. The number of hydrogen-bond acceptors (Lipinski definition) is 4. The van der Waals surface area contributed by atoms with E-state index in [-0.39, 0.29) is 30.3 Å². The highest BCUT2D eigenvalue weighted by Crippen LogP contribution is 2.20. The van der Waals surface area contributed by atoms with E-state index in [0.29, 0.717) is 18.7 Å². The first-order valence-corrected chi connectivity index (χ1v) is 8.47. The van der Waals surface area contributed by atoms with Crippen molar-refractivity contribution in [1.29, 1.82) is 0 Å². The molecule has 0 bridgehead atoms. The number of carbonyl (C=O) groups excluding carboxylic acids is 2. The number of nitrogens with one attached hydrogen (secondary N) is 2. The Balaban J connectivity index is 1.74. The van der Waals surface area contributed by atoms with Gasteiger partial charge in [0.2, 0.25) is 11.8 Å². The topological polar surface area (TPSA) is 105 Å². The van der Waals surface area contributed by atoms with Crippen molar-refractivity contribution in [3.63, 3.8) is 0 Å². The molecule has 2 amide bonds. The molecule has 0 aliphatic rings. The lowest BCUT2D eigenvalue weighted by molar-refractivity contribution is -0.125. The standard InChI is InChI=1S/C20H22N2O5/c1-27-17-12-16(20(25)26)8-7-15(17)9-10-21-19(24)13-22-18(23)11-14-5-3-2-4-6-14/h2-8,12H,9-11,13H2,1H3,(H,21,24)(H,22,23)(H,25,26). The van der Waals surface area contributed by atoms with Gasteiger partial charge in [-0.15, -0.1) is 0 Å². The third-order valence-electron chi connectivity index (χ3n) is 3.90. The fourth-order valence-electron chi connectivity index (χ4n) is 2.51. The van der Waals surface area contributed by atoms with Gasteiger partial charge in [0.25, 0.3) is 0 Å². The molecule has 0 aliphatic carbocycles. The van der Waals surface area contributed by atoms with Crippen LogP contribution in [0.1, 0.15) is 21.5 Å². The van der Waals surface area contributed by atoms with Crippen LogP contribution in [0, 0.1) is 0 Å². The van der Waals surface area contributed by atoms with Gasteiger partial charge in [0.05, 0.1) is 25.6 Å². The van der Waals surface area contributed by atoms with Gasteiger partial charge in [-0.1, -0.05) is 36.4 Å². The van der Waals surface area contributed by atoms with Crippen LogP contribution in [-0.4, -0.2) is 43.1 Å². The van der Waals surface area contributed by atoms with E-state index in [2.05, 4.69) is 10.6 Å². The second-order valence-corrected chi connectivity index (χ2v) is 5.87. The number of carbonyl (C=O) groups is 3. The van der Waals surface area contributed by atoms with E-state index >= 15 is 0 Å². The summed E-state index contributed by atoms with van der Waals surface area (Å²) in [7, 11) is 1.46. The van der Waals surface area contributed by atoms with Crippen molar-refractivity contribution in [2.24, 2.45) is 0 Å². The molecular formula is C20H22N2O5. The first-order chi connectivity index (χ1) is 13.0. The monoisotopic (exact) mass is 370 g/mol. The van der Waals surface area contributed by atoms with Crippen molar-refractivity contribution in [2.75, 3.05) is 20.2 Å². The zero-order chi connectivity index (χ0) is 19.6. The highest BCUT2D eigenvalue weighted by atomic mass is 16.5. The van der Waals surface area contributed by atoms with E-state index in [0.717, 1.165) is 11.1 Å². The molecule has 7 nitrogen and oxygen atoms in total. The van der Waals surface area contributed by atoms with E-state index in [9.17, 15) is 14.4 Å². The molecule has 142 valence electrons. The van der Waals surface area contributed by atoms with Crippen molar-refractivity contribution < 1.29 is 24.2 Å². The summed E-state index contributed by atoms with van der Waals surface area (Å²) in [4.78, 5) is 34.7. The lowest BCUT2D eigenvalue weighted by atomic mass is 10.1. The summed E-state index contributed by atoms with van der Waals surface area (Å²) in [5, 5.41) is 14.3. The Morgan fingerprint density at radius 2 is 1.74 bits per heavy atom. The van der Waals surface area contributed by atoms with Crippen LogP contribution in [0.3, 0.4) is 0 Å². The molecule has 0 heterocycles. The summed E-state index contributed by atoms with van der Waals surface area (Å²) >= 11 is 0. The number of carboxylic acid groups (broad SMARTS) is 1. The SMILES string of the molecule is COc1cc(C(=O)O)ccc1CCNC(=O)CNC(=O)Cc1ccccc1. The van der Waals surface area contributed by atoms with Gasteiger partial charge in [-0.25, -0.2) is 4.79 Å². The number of amides is 2. The van der Waals surface area contributed by atoms with E-state index in [1.54, 1.807) is 6.07 Å². The summed E-state index contributed by atoms with van der Waals surface area (Å²) in [5.41, 5.74) is 1.81. The molecule has 0 unspecified atom stereocenters. The summed E-state index contributed by atoms with van der Waals surface area (Å²) < 4.78 is 5.20. The van der Waals surface area contributed by atoms with Crippen LogP contribution in [0.25, 0.3) is 0 Å². The normalized spacial score (nSPS) is 10.1. The predicted molar refractivity (Wildman–Crippen MR) is 99.8 cm³/mol. The molecule has 0 radical (unpaired) electrons. The average molecular weight is 370 g/mol. The van der Waals surface area contributed by atoms with Gasteiger partial charge in [0.1, 0.15) is 5.75 Å². The van der Waals surface area contributed by atoms with Gasteiger partial charge in [-0.05, 0) is 29.7 Å². The van der Waals surface area contributed by atoms with Crippen molar-refractivity contribution in [3.05, 3.63) is 65.2 Å². The van der Waals surface area contributed by atoms with E-state index in [1.807, 2.05) is 30.3 Å². The average Bonchev–Trinajstić information content (AvgIpc) is 2.67. The van der Waals surface area contributed by atoms with Crippen molar-refractivity contribution >= 4 is 17.8 Å². The first-order valence-electron chi connectivity index (χ1n) is 8.47. The number of rotatable bonds is 9. The highest BCUT2D eigenvalue weighted by molar-refractivity contribution is 5.88. The maximum Gasteiger partial charge on any atom is 0.335 e. The van der Waals surface area contributed by atoms with Crippen LogP contribution >= 0.6 is 0 Å². The van der Waals surface area contributed by atoms with Crippen molar-refractivity contribution in [2.45, 2.75) is 12.8 Å². The number of benzene rings is 2. The zero-order valence-corrected chi connectivity index (χ0v) is 15.0. The molecule has 0 fully saturated rings. The first kappa shape index (κ1) is 20.0. The lowest BCUT2D eigenvalue weighted by Gasteiger charge is -2.11. The summed E-state index contributed by atoms with van der Waals surface area (Å²) in [6.45, 7) is 0.247.